The van der Waals surface area contributed by atoms with Gasteiger partial charge < -0.3 is 14.8 Å². The predicted molar refractivity (Wildman–Crippen MR) is 137 cm³/mol. The number of ether oxygens (including phenoxy) is 2. The summed E-state index contributed by atoms with van der Waals surface area (Å²) in [5.41, 5.74) is 4.01. The number of halogens is 2. The Balaban J connectivity index is 1.48. The Morgan fingerprint density at radius 3 is 2.64 bits per heavy atom. The maximum Gasteiger partial charge on any atom is 0.262 e. The van der Waals surface area contributed by atoms with Crippen LogP contribution in [0.4, 0.5) is 8.78 Å². The van der Waals surface area contributed by atoms with E-state index in [2.05, 4.69) is 5.32 Å². The first-order chi connectivity index (χ1) is 17.6. The molecule has 1 N–H and O–H groups in total. The van der Waals surface area contributed by atoms with Gasteiger partial charge in [0.1, 0.15) is 22.3 Å². The van der Waals surface area contributed by atoms with Gasteiger partial charge in [0.15, 0.2) is 0 Å². The number of para-hydroxylation sites is 1. The monoisotopic (exact) mass is 503 g/mol. The number of nitrogens with one attached hydrogen (secondary N) is 1. The van der Waals surface area contributed by atoms with Crippen molar-refractivity contribution in [3.05, 3.63) is 94.4 Å². The van der Waals surface area contributed by atoms with Crippen LogP contribution in [0.2, 0.25) is 0 Å². The molecule has 4 nitrogen and oxygen atoms in total. The lowest BCUT2D eigenvalue weighted by molar-refractivity contribution is 0.0928. The largest absolute Gasteiger partial charge is 0.493 e. The Kier molecular flexibility index (Phi) is 6.03. The highest BCUT2D eigenvalue weighted by molar-refractivity contribution is 7.21. The lowest BCUT2D eigenvalue weighted by atomic mass is 9.95. The van der Waals surface area contributed by atoms with Crippen LogP contribution in [0.25, 0.3) is 26.8 Å². The third-order valence-electron chi connectivity index (χ3n) is 6.64. The molecule has 36 heavy (non-hydrogen) atoms. The van der Waals surface area contributed by atoms with E-state index < -0.39 is 11.6 Å². The van der Waals surface area contributed by atoms with Crippen LogP contribution in [0.5, 0.6) is 5.75 Å². The molecule has 2 aliphatic heterocycles. The normalized spacial score (nSPS) is 17.3. The second kappa shape index (κ2) is 9.48. The van der Waals surface area contributed by atoms with Crippen molar-refractivity contribution in [3.8, 4) is 16.9 Å². The van der Waals surface area contributed by atoms with Gasteiger partial charge in [-0.1, -0.05) is 42.5 Å². The average Bonchev–Trinajstić information content (AvgIpc) is 3.29. The Morgan fingerprint density at radius 2 is 1.83 bits per heavy atom. The summed E-state index contributed by atoms with van der Waals surface area (Å²) in [4.78, 5) is 14.4. The minimum Gasteiger partial charge on any atom is -0.493 e. The first-order valence-corrected chi connectivity index (χ1v) is 12.7. The van der Waals surface area contributed by atoms with E-state index in [-0.39, 0.29) is 11.9 Å². The maximum absolute atomic E-state index is 14.1. The molecule has 1 atom stereocenters. The highest BCUT2D eigenvalue weighted by atomic mass is 32.1. The summed E-state index contributed by atoms with van der Waals surface area (Å²) in [6, 6.07) is 16.8. The molecule has 0 fully saturated rings. The Hall–Kier alpha value is -3.55. The van der Waals surface area contributed by atoms with Crippen molar-refractivity contribution in [2.75, 3.05) is 19.8 Å². The smallest absolute Gasteiger partial charge is 0.262 e. The lowest BCUT2D eigenvalue weighted by Gasteiger charge is -2.26. The Bertz CT molecular complexity index is 1490. The van der Waals surface area contributed by atoms with Crippen LogP contribution in [0.3, 0.4) is 0 Å². The number of carbonyl (C=O) groups excluding carboxylic acids is 1. The van der Waals surface area contributed by atoms with Gasteiger partial charge in [-0.25, -0.2) is 8.78 Å². The van der Waals surface area contributed by atoms with Crippen molar-refractivity contribution in [3.63, 3.8) is 0 Å². The molecule has 0 radical (unpaired) electrons. The number of benzene rings is 3. The second-order valence-electron chi connectivity index (χ2n) is 8.90. The molecule has 7 heteroatoms. The average molecular weight is 504 g/mol. The molecule has 2 aliphatic rings. The van der Waals surface area contributed by atoms with Gasteiger partial charge in [0.25, 0.3) is 5.91 Å². The Morgan fingerprint density at radius 1 is 1.00 bits per heavy atom. The van der Waals surface area contributed by atoms with Crippen molar-refractivity contribution in [2.45, 2.75) is 18.9 Å². The quantitative estimate of drug-likeness (QED) is 0.329. The summed E-state index contributed by atoms with van der Waals surface area (Å²) >= 11 is 1.36. The minimum absolute atomic E-state index is 0.166. The molecular formula is C29H23F2NO3S. The first kappa shape index (κ1) is 22.9. The van der Waals surface area contributed by atoms with Crippen LogP contribution < -0.4 is 10.1 Å². The highest BCUT2D eigenvalue weighted by Crippen LogP contribution is 2.43. The zero-order chi connectivity index (χ0) is 24.6. The second-order valence-corrected chi connectivity index (χ2v) is 9.92. The molecule has 4 aromatic rings. The molecule has 0 saturated heterocycles. The van der Waals surface area contributed by atoms with E-state index in [1.54, 1.807) is 0 Å². The number of hydrogen-bond acceptors (Lipinski definition) is 4. The van der Waals surface area contributed by atoms with Crippen LogP contribution in [-0.2, 0) is 4.74 Å². The summed E-state index contributed by atoms with van der Waals surface area (Å²) in [6.45, 7) is 1.58. The molecular weight excluding hydrogens is 480 g/mol. The predicted octanol–water partition coefficient (Wildman–Crippen LogP) is 6.90. The van der Waals surface area contributed by atoms with Crippen molar-refractivity contribution >= 4 is 32.9 Å². The third-order valence-corrected chi connectivity index (χ3v) is 7.88. The van der Waals surface area contributed by atoms with Crippen LogP contribution in [0.15, 0.2) is 66.7 Å². The van der Waals surface area contributed by atoms with Gasteiger partial charge in [-0.05, 0) is 41.3 Å². The fourth-order valence-corrected chi connectivity index (χ4v) is 6.28. The van der Waals surface area contributed by atoms with Gasteiger partial charge in [0.05, 0.1) is 25.9 Å². The standard InChI is InChI=1S/C29H23F2NO3S/c30-19-14-18(15-20(31)16-19)21-5-3-6-23-26(17-8-11-34-12-9-17)28(36-27(21)23)29(33)32-24-10-13-35-25-7-2-1-4-22(24)25/h1-8,14-16,24H,9-13H2,(H,32,33)/t24-/m0/s1. The molecule has 3 aromatic carbocycles. The minimum atomic E-state index is -0.637. The molecule has 182 valence electrons. The zero-order valence-electron chi connectivity index (χ0n) is 19.4. The van der Waals surface area contributed by atoms with E-state index in [1.165, 1.54) is 23.5 Å². The van der Waals surface area contributed by atoms with Gasteiger partial charge in [0.2, 0.25) is 0 Å². The zero-order valence-corrected chi connectivity index (χ0v) is 20.2. The van der Waals surface area contributed by atoms with Crippen LogP contribution in [0, 0.1) is 11.6 Å². The number of amides is 1. The summed E-state index contributed by atoms with van der Waals surface area (Å²) in [6.07, 6.45) is 3.37. The number of thiophene rings is 1. The van der Waals surface area contributed by atoms with Gasteiger partial charge in [-0.2, -0.15) is 0 Å². The summed E-state index contributed by atoms with van der Waals surface area (Å²) in [5.74, 6) is -0.658. The number of hydrogen-bond donors (Lipinski definition) is 1. The molecule has 3 heterocycles. The summed E-state index contributed by atoms with van der Waals surface area (Å²) < 4.78 is 40.2. The van der Waals surface area contributed by atoms with Gasteiger partial charge in [0, 0.05) is 33.7 Å². The van der Waals surface area contributed by atoms with Crippen LogP contribution >= 0.6 is 11.3 Å². The van der Waals surface area contributed by atoms with Crippen molar-refractivity contribution in [1.29, 1.82) is 0 Å². The molecule has 0 spiro atoms. The highest BCUT2D eigenvalue weighted by Gasteiger charge is 2.28. The molecule has 6 rings (SSSR count). The number of rotatable bonds is 4. The van der Waals surface area contributed by atoms with E-state index in [1.807, 2.05) is 48.5 Å². The van der Waals surface area contributed by atoms with Gasteiger partial charge >= 0.3 is 0 Å². The van der Waals surface area contributed by atoms with Crippen molar-refractivity contribution < 1.29 is 23.0 Å². The fourth-order valence-electron chi connectivity index (χ4n) is 5.00. The summed E-state index contributed by atoms with van der Waals surface area (Å²) in [5, 5.41) is 4.12. The fraction of sp³-hybridized carbons (Fsp3) is 0.207. The third kappa shape index (κ3) is 4.18. The number of fused-ring (bicyclic) bond motifs is 2. The van der Waals surface area contributed by atoms with Crippen LogP contribution in [-0.4, -0.2) is 25.7 Å². The van der Waals surface area contributed by atoms with E-state index >= 15 is 0 Å². The van der Waals surface area contributed by atoms with Crippen LogP contribution in [0.1, 0.15) is 39.7 Å². The van der Waals surface area contributed by atoms with Crippen molar-refractivity contribution in [1.82, 2.24) is 5.32 Å². The van der Waals surface area contributed by atoms with E-state index in [9.17, 15) is 13.6 Å². The SMILES string of the molecule is O=C(N[C@H]1CCOc2ccccc21)c1sc2c(-c3cc(F)cc(F)c3)cccc2c1C1=CCOCC1. The molecule has 1 aromatic heterocycles. The van der Waals surface area contributed by atoms with E-state index in [0.717, 1.165) is 38.6 Å². The topological polar surface area (TPSA) is 47.6 Å². The molecule has 0 bridgehead atoms. The van der Waals surface area contributed by atoms with E-state index in [0.29, 0.717) is 48.7 Å². The summed E-state index contributed by atoms with van der Waals surface area (Å²) in [7, 11) is 0. The molecule has 0 unspecified atom stereocenters. The maximum atomic E-state index is 14.1. The van der Waals surface area contributed by atoms with Crippen molar-refractivity contribution in [2.24, 2.45) is 0 Å². The van der Waals surface area contributed by atoms with E-state index in [4.69, 9.17) is 9.47 Å². The van der Waals surface area contributed by atoms with Gasteiger partial charge in [-0.3, -0.25) is 4.79 Å². The molecule has 1 amide bonds. The molecule has 0 saturated carbocycles. The Labute approximate surface area is 211 Å². The number of carbonyl (C=O) groups is 1. The lowest BCUT2D eigenvalue weighted by Crippen LogP contribution is -2.32. The van der Waals surface area contributed by atoms with Gasteiger partial charge in [-0.15, -0.1) is 11.3 Å². The first-order valence-electron chi connectivity index (χ1n) is 11.9. The molecule has 0 aliphatic carbocycles.